The number of allylic oxidation sites excluding steroid dienone is 1. The van der Waals surface area contributed by atoms with Crippen molar-refractivity contribution in [2.45, 2.75) is 65.7 Å². The van der Waals surface area contributed by atoms with Gasteiger partial charge in [-0.15, -0.1) is 0 Å². The van der Waals surface area contributed by atoms with E-state index in [9.17, 15) is 14.7 Å². The summed E-state index contributed by atoms with van der Waals surface area (Å²) in [6.07, 6.45) is 2.41. The van der Waals surface area contributed by atoms with Gasteiger partial charge in [-0.05, 0) is 58.7 Å². The molecule has 2 aromatic carbocycles. The highest BCUT2D eigenvalue weighted by molar-refractivity contribution is 6.17. The summed E-state index contributed by atoms with van der Waals surface area (Å²) in [5, 5.41) is 11.0. The fourth-order valence-electron chi connectivity index (χ4n) is 4.37. The first kappa shape index (κ1) is 21.2. The van der Waals surface area contributed by atoms with Gasteiger partial charge in [0.1, 0.15) is 5.75 Å². The summed E-state index contributed by atoms with van der Waals surface area (Å²) in [4.78, 5) is 27.4. The lowest BCUT2D eigenvalue weighted by molar-refractivity contribution is 0.104. The van der Waals surface area contributed by atoms with Gasteiger partial charge in [0.15, 0.2) is 11.4 Å². The second-order valence-corrected chi connectivity index (χ2v) is 10.6. The number of fused-ring (bicyclic) bond motifs is 2. The predicted molar refractivity (Wildman–Crippen MR) is 123 cm³/mol. The van der Waals surface area contributed by atoms with Crippen LogP contribution in [0.5, 0.6) is 5.75 Å². The monoisotopic (exact) mass is 419 g/mol. The fraction of sp³-hybridized carbons (Fsp3) is 0.385. The summed E-state index contributed by atoms with van der Waals surface area (Å²) in [5.74, 6) is -0.230. The molecule has 0 saturated heterocycles. The number of nitrogens with one attached hydrogen (secondary N) is 1. The Hall–Kier alpha value is -3.08. The molecule has 0 bridgehead atoms. The zero-order valence-corrected chi connectivity index (χ0v) is 19.2. The summed E-state index contributed by atoms with van der Waals surface area (Å²) in [5.41, 5.74) is 6.22. The first-order chi connectivity index (χ1) is 14.3. The van der Waals surface area contributed by atoms with Crippen molar-refractivity contribution in [3.63, 3.8) is 0 Å². The highest BCUT2D eigenvalue weighted by Crippen LogP contribution is 2.41. The smallest absolute Gasteiger partial charge is 0.417 e. The van der Waals surface area contributed by atoms with Crippen LogP contribution in [-0.2, 0) is 17.3 Å². The third-order valence-electron chi connectivity index (χ3n) is 6.08. The van der Waals surface area contributed by atoms with Crippen molar-refractivity contribution in [2.24, 2.45) is 0 Å². The molecule has 0 aliphatic heterocycles. The molecular weight excluding hydrogens is 390 g/mol. The molecule has 0 spiro atoms. The van der Waals surface area contributed by atoms with E-state index in [2.05, 4.69) is 46.5 Å². The molecule has 0 fully saturated rings. The van der Waals surface area contributed by atoms with Gasteiger partial charge in [0.2, 0.25) is 0 Å². The van der Waals surface area contributed by atoms with Crippen molar-refractivity contribution in [3.8, 4) is 5.75 Å². The van der Waals surface area contributed by atoms with E-state index < -0.39 is 5.76 Å². The number of aromatic amines is 1. The fourth-order valence-corrected chi connectivity index (χ4v) is 4.37. The number of Topliss-reactive ketones (excluding diaryl/α,β-unsaturated/α-hetero) is 1. The number of oxazole rings is 1. The van der Waals surface area contributed by atoms with Crippen LogP contribution >= 0.6 is 0 Å². The second kappa shape index (κ2) is 6.71. The molecule has 0 amide bonds. The Morgan fingerprint density at radius 1 is 1.00 bits per heavy atom. The van der Waals surface area contributed by atoms with Crippen LogP contribution in [0, 0.1) is 6.92 Å². The molecule has 0 atom stereocenters. The Balaban J connectivity index is 1.86. The van der Waals surface area contributed by atoms with Crippen LogP contribution in [0.4, 0.5) is 0 Å². The quantitative estimate of drug-likeness (QED) is 0.506. The lowest BCUT2D eigenvalue weighted by atomic mass is 9.78. The van der Waals surface area contributed by atoms with Gasteiger partial charge in [0.25, 0.3) is 0 Å². The zero-order chi connectivity index (χ0) is 22.9. The molecule has 3 aromatic rings. The lowest BCUT2D eigenvalue weighted by Crippen LogP contribution is -2.17. The van der Waals surface area contributed by atoms with E-state index in [1.165, 1.54) is 0 Å². The molecule has 162 valence electrons. The van der Waals surface area contributed by atoms with Crippen LogP contribution in [0.15, 0.2) is 33.0 Å². The molecule has 0 radical (unpaired) electrons. The molecule has 0 unspecified atom stereocenters. The summed E-state index contributed by atoms with van der Waals surface area (Å²) in [6.45, 7) is 14.3. The van der Waals surface area contributed by atoms with Crippen LogP contribution in [0.2, 0.25) is 0 Å². The zero-order valence-electron chi connectivity index (χ0n) is 19.2. The van der Waals surface area contributed by atoms with Gasteiger partial charge in [-0.3, -0.25) is 9.78 Å². The average Bonchev–Trinajstić information content (AvgIpc) is 3.16. The maximum atomic E-state index is 13.2. The van der Waals surface area contributed by atoms with E-state index in [1.54, 1.807) is 6.07 Å². The number of phenolic OH excluding ortho intramolecular Hbond substituents is 1. The van der Waals surface area contributed by atoms with Gasteiger partial charge < -0.3 is 9.52 Å². The summed E-state index contributed by atoms with van der Waals surface area (Å²) >= 11 is 0. The van der Waals surface area contributed by atoms with Gasteiger partial charge in [-0.1, -0.05) is 41.5 Å². The number of H-pyrrole nitrogens is 1. The van der Waals surface area contributed by atoms with Gasteiger partial charge in [-0.25, -0.2) is 4.79 Å². The third kappa shape index (κ3) is 3.52. The van der Waals surface area contributed by atoms with E-state index in [4.69, 9.17) is 4.42 Å². The Labute approximate surface area is 181 Å². The highest BCUT2D eigenvalue weighted by atomic mass is 16.4. The number of aromatic hydroxyl groups is 1. The van der Waals surface area contributed by atoms with E-state index in [1.807, 2.05) is 25.1 Å². The number of hydrogen-bond donors (Lipinski definition) is 2. The number of carbonyl (C=O) groups excluding carboxylic acids is 1. The summed E-state index contributed by atoms with van der Waals surface area (Å²) < 4.78 is 5.26. The van der Waals surface area contributed by atoms with Gasteiger partial charge >= 0.3 is 5.76 Å². The maximum Gasteiger partial charge on any atom is 0.417 e. The number of phenols is 1. The molecule has 5 heteroatoms. The van der Waals surface area contributed by atoms with Crippen LogP contribution in [-0.4, -0.2) is 15.9 Å². The van der Waals surface area contributed by atoms with E-state index in [0.29, 0.717) is 34.4 Å². The minimum Gasteiger partial charge on any atom is -0.507 e. The van der Waals surface area contributed by atoms with Gasteiger partial charge in [0, 0.05) is 28.7 Å². The molecule has 0 saturated carbocycles. The van der Waals surface area contributed by atoms with Gasteiger partial charge in [0.05, 0.1) is 5.52 Å². The number of carbonyl (C=O) groups is 1. The van der Waals surface area contributed by atoms with Crippen molar-refractivity contribution in [3.05, 3.63) is 67.7 Å². The first-order valence-electron chi connectivity index (χ1n) is 10.6. The SMILES string of the molecule is Cc1c2c(cc3[nH]c(=O)oc13)C(=O)C(=Cc1cc(C(C)(C)C)c(O)c(C(C)(C)C)c1)C2. The normalized spacial score (nSPS) is 15.8. The summed E-state index contributed by atoms with van der Waals surface area (Å²) in [6, 6.07) is 5.66. The first-order valence-corrected chi connectivity index (χ1v) is 10.6. The van der Waals surface area contributed by atoms with Crippen molar-refractivity contribution in [1.29, 1.82) is 0 Å². The largest absolute Gasteiger partial charge is 0.507 e. The topological polar surface area (TPSA) is 83.3 Å². The Kier molecular flexibility index (Phi) is 4.58. The highest BCUT2D eigenvalue weighted by Gasteiger charge is 2.30. The standard InChI is InChI=1S/C26H29NO4/c1-13-16-11-15(21(28)17(16)12-20-23(13)31-24(30)27-20)8-14-9-18(25(2,3)4)22(29)19(10-14)26(5,6)7/h8-10,12,29H,11H2,1-7H3,(H,27,30). The number of benzene rings is 2. The van der Waals surface area contributed by atoms with Crippen LogP contribution < -0.4 is 5.76 Å². The number of ketones is 1. The van der Waals surface area contributed by atoms with Crippen molar-refractivity contribution in [1.82, 2.24) is 4.98 Å². The molecule has 4 rings (SSSR count). The molecule has 5 nitrogen and oxygen atoms in total. The Bertz CT molecular complexity index is 1290. The number of hydrogen-bond acceptors (Lipinski definition) is 4. The predicted octanol–water partition coefficient (Wildman–Crippen LogP) is 5.55. The second-order valence-electron chi connectivity index (χ2n) is 10.6. The van der Waals surface area contributed by atoms with E-state index >= 15 is 0 Å². The summed E-state index contributed by atoms with van der Waals surface area (Å²) in [7, 11) is 0. The minimum absolute atomic E-state index is 0.0373. The molecule has 31 heavy (non-hydrogen) atoms. The molecule has 1 aliphatic carbocycles. The van der Waals surface area contributed by atoms with Crippen molar-refractivity contribution in [2.75, 3.05) is 0 Å². The molecule has 2 N–H and O–H groups in total. The van der Waals surface area contributed by atoms with Crippen LogP contribution in [0.3, 0.4) is 0 Å². The number of rotatable bonds is 1. The number of aryl methyl sites for hydroxylation is 1. The molecule has 1 heterocycles. The lowest BCUT2D eigenvalue weighted by Gasteiger charge is -2.28. The molecular formula is C26H29NO4. The van der Waals surface area contributed by atoms with Crippen LogP contribution in [0.1, 0.15) is 79.7 Å². The van der Waals surface area contributed by atoms with Crippen LogP contribution in [0.25, 0.3) is 17.2 Å². The van der Waals surface area contributed by atoms with Crippen molar-refractivity contribution >= 4 is 23.0 Å². The molecule has 1 aromatic heterocycles. The maximum absolute atomic E-state index is 13.2. The van der Waals surface area contributed by atoms with E-state index in [0.717, 1.165) is 27.8 Å². The Morgan fingerprint density at radius 3 is 2.13 bits per heavy atom. The third-order valence-corrected chi connectivity index (χ3v) is 6.08. The van der Waals surface area contributed by atoms with E-state index in [-0.39, 0.29) is 16.6 Å². The Morgan fingerprint density at radius 2 is 1.58 bits per heavy atom. The van der Waals surface area contributed by atoms with Gasteiger partial charge in [-0.2, -0.15) is 0 Å². The average molecular weight is 420 g/mol. The molecule has 1 aliphatic rings. The number of aromatic nitrogens is 1. The minimum atomic E-state index is -0.515. The van der Waals surface area contributed by atoms with Crippen molar-refractivity contribution < 1.29 is 14.3 Å².